The third-order valence-electron chi connectivity index (χ3n) is 9.28. The van der Waals surface area contributed by atoms with Crippen molar-refractivity contribution in [1.82, 2.24) is 19.9 Å². The SMILES string of the molecule is CC1=C(c2cc3cnc(Nc4ccc(C5CCCNC5)cc4)nc3n(Cc3ccsc3C3CCOCC3)c2=O)CCC1. The summed E-state index contributed by atoms with van der Waals surface area (Å²) < 4.78 is 7.52. The summed E-state index contributed by atoms with van der Waals surface area (Å²) >= 11 is 1.80. The smallest absolute Gasteiger partial charge is 0.260 e. The van der Waals surface area contributed by atoms with Crippen molar-refractivity contribution < 1.29 is 4.74 Å². The molecule has 2 aliphatic heterocycles. The van der Waals surface area contributed by atoms with Crippen molar-refractivity contribution in [3.8, 4) is 0 Å². The molecule has 7 nitrogen and oxygen atoms in total. The number of anilines is 2. The van der Waals surface area contributed by atoms with Crippen molar-refractivity contribution in [1.29, 1.82) is 0 Å². The van der Waals surface area contributed by atoms with Crippen molar-refractivity contribution >= 4 is 39.6 Å². The molecule has 1 aliphatic carbocycles. The molecule has 3 aliphatic rings. The predicted molar refractivity (Wildman–Crippen MR) is 171 cm³/mol. The van der Waals surface area contributed by atoms with E-state index in [-0.39, 0.29) is 5.56 Å². The minimum absolute atomic E-state index is 0.0398. The van der Waals surface area contributed by atoms with Crippen molar-refractivity contribution in [2.24, 2.45) is 0 Å². The van der Waals surface area contributed by atoms with E-state index >= 15 is 0 Å². The molecule has 7 rings (SSSR count). The summed E-state index contributed by atoms with van der Waals surface area (Å²) in [6.45, 7) is 6.42. The second-order valence-corrected chi connectivity index (χ2v) is 13.0. The molecule has 1 unspecified atom stereocenters. The molecule has 0 bridgehead atoms. The summed E-state index contributed by atoms with van der Waals surface area (Å²) in [5.41, 5.74) is 7.55. The summed E-state index contributed by atoms with van der Waals surface area (Å²) in [7, 11) is 0. The fourth-order valence-corrected chi connectivity index (χ4v) is 8.00. The first kappa shape index (κ1) is 27.5. The van der Waals surface area contributed by atoms with Crippen LogP contribution >= 0.6 is 11.3 Å². The number of benzene rings is 1. The highest BCUT2D eigenvalue weighted by Crippen LogP contribution is 2.36. The molecule has 3 aromatic heterocycles. The summed E-state index contributed by atoms with van der Waals surface area (Å²) in [5.74, 6) is 1.55. The first-order valence-corrected chi connectivity index (χ1v) is 16.3. The van der Waals surface area contributed by atoms with Gasteiger partial charge in [0.1, 0.15) is 5.65 Å². The van der Waals surface area contributed by atoms with Crippen molar-refractivity contribution in [3.05, 3.63) is 85.5 Å². The van der Waals surface area contributed by atoms with Gasteiger partial charge in [0, 0.05) is 47.5 Å². The zero-order valence-corrected chi connectivity index (χ0v) is 25.1. The number of rotatable bonds is 7. The number of ether oxygens (including phenoxy) is 1. The minimum Gasteiger partial charge on any atom is -0.381 e. The number of fused-ring (bicyclic) bond motifs is 1. The Kier molecular flexibility index (Phi) is 7.93. The Hall–Kier alpha value is -3.33. The van der Waals surface area contributed by atoms with Crippen LogP contribution in [0.4, 0.5) is 11.6 Å². The quantitative estimate of drug-likeness (QED) is 0.246. The van der Waals surface area contributed by atoms with Gasteiger partial charge in [0.2, 0.25) is 5.95 Å². The van der Waals surface area contributed by atoms with E-state index in [2.05, 4.69) is 58.3 Å². The van der Waals surface area contributed by atoms with Gasteiger partial charge in [-0.15, -0.1) is 11.3 Å². The number of nitrogens with one attached hydrogen (secondary N) is 2. The summed E-state index contributed by atoms with van der Waals surface area (Å²) in [4.78, 5) is 25.2. The van der Waals surface area contributed by atoms with Gasteiger partial charge in [0.25, 0.3) is 5.56 Å². The summed E-state index contributed by atoms with van der Waals surface area (Å²) in [6.07, 6.45) is 9.48. The van der Waals surface area contributed by atoms with Crippen LogP contribution in [0.5, 0.6) is 0 Å². The summed E-state index contributed by atoms with van der Waals surface area (Å²) in [6, 6.07) is 12.8. The fraction of sp³-hybridized carbons (Fsp3) is 0.441. The Morgan fingerprint density at radius 1 is 1.07 bits per heavy atom. The lowest BCUT2D eigenvalue weighted by atomic mass is 9.92. The zero-order chi connectivity index (χ0) is 28.5. The highest BCUT2D eigenvalue weighted by molar-refractivity contribution is 7.10. The van der Waals surface area contributed by atoms with Crippen LogP contribution in [-0.4, -0.2) is 40.8 Å². The molecule has 2 N–H and O–H groups in total. The first-order valence-electron chi connectivity index (χ1n) is 15.5. The average Bonchev–Trinajstić information content (AvgIpc) is 3.68. The first-order chi connectivity index (χ1) is 20.6. The lowest BCUT2D eigenvalue weighted by Gasteiger charge is -2.23. The maximum absolute atomic E-state index is 14.2. The fourth-order valence-electron chi connectivity index (χ4n) is 6.91. The lowest BCUT2D eigenvalue weighted by molar-refractivity contribution is 0.0858. The Morgan fingerprint density at radius 3 is 2.69 bits per heavy atom. The molecule has 0 spiro atoms. The number of pyridine rings is 1. The van der Waals surface area contributed by atoms with Gasteiger partial charge in [-0.3, -0.25) is 9.36 Å². The van der Waals surface area contributed by atoms with E-state index in [1.54, 1.807) is 11.3 Å². The predicted octanol–water partition coefficient (Wildman–Crippen LogP) is 6.96. The molecular weight excluding hydrogens is 542 g/mol. The molecule has 42 heavy (non-hydrogen) atoms. The number of piperidine rings is 1. The largest absolute Gasteiger partial charge is 0.381 e. The van der Waals surface area contributed by atoms with Crippen LogP contribution in [-0.2, 0) is 11.3 Å². The molecule has 8 heteroatoms. The lowest BCUT2D eigenvalue weighted by Crippen LogP contribution is -2.28. The van der Waals surface area contributed by atoms with E-state index in [0.29, 0.717) is 30.0 Å². The van der Waals surface area contributed by atoms with Gasteiger partial charge in [-0.1, -0.05) is 17.7 Å². The van der Waals surface area contributed by atoms with E-state index in [1.165, 1.54) is 40.0 Å². The van der Waals surface area contributed by atoms with Crippen LogP contribution in [0.1, 0.15) is 85.3 Å². The Bertz CT molecular complexity index is 1660. The van der Waals surface area contributed by atoms with Gasteiger partial charge in [0.05, 0.1) is 6.54 Å². The molecule has 5 heterocycles. The molecule has 4 aromatic rings. The topological polar surface area (TPSA) is 81.1 Å². The molecule has 1 atom stereocenters. The Balaban J connectivity index is 1.25. The van der Waals surface area contributed by atoms with Crippen LogP contribution in [0, 0.1) is 0 Å². The molecule has 2 fully saturated rings. The van der Waals surface area contributed by atoms with Crippen LogP contribution < -0.4 is 16.2 Å². The van der Waals surface area contributed by atoms with Crippen LogP contribution in [0.2, 0.25) is 0 Å². The van der Waals surface area contributed by atoms with E-state index < -0.39 is 0 Å². The number of nitrogens with zero attached hydrogens (tertiary/aromatic N) is 3. The standard InChI is InChI=1S/C34H39N5O2S/c1-22-4-2-6-29(22)30-18-27-20-36-34(37-28-9-7-23(8-10-28)25-5-3-14-35-19-25)38-32(27)39(33(30)40)21-26-13-17-42-31(26)24-11-15-41-16-12-24/h7-10,13,17-18,20,24-25,35H,2-6,11-12,14-16,19,21H2,1H3,(H,36,37,38). The maximum atomic E-state index is 14.2. The van der Waals surface area contributed by atoms with E-state index in [0.717, 1.165) is 75.0 Å². The molecule has 1 aromatic carbocycles. The van der Waals surface area contributed by atoms with Crippen LogP contribution in [0.25, 0.3) is 16.6 Å². The van der Waals surface area contributed by atoms with E-state index in [9.17, 15) is 4.79 Å². The maximum Gasteiger partial charge on any atom is 0.260 e. The third-order valence-corrected chi connectivity index (χ3v) is 10.4. The highest BCUT2D eigenvalue weighted by atomic mass is 32.1. The van der Waals surface area contributed by atoms with Gasteiger partial charge in [-0.05, 0) is 117 Å². The number of aromatic nitrogens is 3. The molecule has 0 amide bonds. The second kappa shape index (κ2) is 12.1. The number of hydrogen-bond acceptors (Lipinski definition) is 7. The Labute approximate surface area is 251 Å². The van der Waals surface area contributed by atoms with Gasteiger partial charge in [-0.2, -0.15) is 4.98 Å². The van der Waals surface area contributed by atoms with Gasteiger partial charge >= 0.3 is 0 Å². The highest BCUT2D eigenvalue weighted by Gasteiger charge is 2.23. The molecule has 218 valence electrons. The van der Waals surface area contributed by atoms with Gasteiger partial charge < -0.3 is 15.4 Å². The minimum atomic E-state index is 0.0398. The summed E-state index contributed by atoms with van der Waals surface area (Å²) in [5, 5.41) is 9.96. The number of allylic oxidation sites excluding steroid dienone is 2. The molecular formula is C34H39N5O2S. The third kappa shape index (κ3) is 5.55. The Morgan fingerprint density at radius 2 is 1.93 bits per heavy atom. The van der Waals surface area contributed by atoms with E-state index in [1.807, 2.05) is 16.8 Å². The molecule has 0 saturated carbocycles. The van der Waals surface area contributed by atoms with Gasteiger partial charge in [-0.25, -0.2) is 4.98 Å². The van der Waals surface area contributed by atoms with Crippen LogP contribution in [0.3, 0.4) is 0 Å². The van der Waals surface area contributed by atoms with Crippen LogP contribution in [0.15, 0.2) is 58.3 Å². The van der Waals surface area contributed by atoms with Crippen molar-refractivity contribution in [2.75, 3.05) is 31.6 Å². The van der Waals surface area contributed by atoms with Gasteiger partial charge in [0.15, 0.2) is 0 Å². The van der Waals surface area contributed by atoms with Crippen molar-refractivity contribution in [2.45, 2.75) is 70.3 Å². The monoisotopic (exact) mass is 581 g/mol. The zero-order valence-electron chi connectivity index (χ0n) is 24.3. The number of hydrogen-bond donors (Lipinski definition) is 2. The average molecular weight is 582 g/mol. The normalized spacial score (nSPS) is 20.0. The number of thiophene rings is 1. The second-order valence-electron chi connectivity index (χ2n) is 12.0. The van der Waals surface area contributed by atoms with Crippen molar-refractivity contribution in [3.63, 3.8) is 0 Å². The van der Waals surface area contributed by atoms with E-state index in [4.69, 9.17) is 9.72 Å². The molecule has 2 saturated heterocycles. The molecule has 0 radical (unpaired) electrons.